The van der Waals surface area contributed by atoms with Gasteiger partial charge in [-0.1, -0.05) is 24.3 Å². The minimum Gasteiger partial charge on any atom is -0.483 e. The van der Waals surface area contributed by atoms with Crippen LogP contribution >= 0.6 is 0 Å². The van der Waals surface area contributed by atoms with E-state index >= 15 is 0 Å². The average molecular weight is 408 g/mol. The number of benzene rings is 2. The van der Waals surface area contributed by atoms with Crippen LogP contribution in [-0.2, 0) is 4.79 Å². The molecule has 30 heavy (non-hydrogen) atoms. The van der Waals surface area contributed by atoms with Gasteiger partial charge in [-0.3, -0.25) is 19.0 Å². The van der Waals surface area contributed by atoms with Crippen LogP contribution in [0.2, 0.25) is 0 Å². The number of aromatic nitrogens is 1. The molecule has 156 valence electrons. The zero-order valence-electron chi connectivity index (χ0n) is 16.7. The highest BCUT2D eigenvalue weighted by Gasteiger charge is 2.17. The Bertz CT molecular complexity index is 1120. The zero-order valence-corrected chi connectivity index (χ0v) is 16.7. The number of likely N-dealkylation sites (N-methyl/N-ethyl adjacent to an activating group) is 1. The molecule has 1 amide bonds. The van der Waals surface area contributed by atoms with E-state index in [2.05, 4.69) is 22.9 Å². The van der Waals surface area contributed by atoms with Gasteiger partial charge in [0.2, 0.25) is 0 Å². The molecular formula is C22H24N4O4. The molecule has 1 aliphatic heterocycles. The van der Waals surface area contributed by atoms with Crippen LogP contribution in [0.4, 0.5) is 5.69 Å². The number of primary amides is 1. The van der Waals surface area contributed by atoms with Crippen LogP contribution in [0.1, 0.15) is 10.4 Å². The number of amides is 1. The number of pyridine rings is 1. The number of hydrogen-bond donors (Lipinski definition) is 2. The maximum absolute atomic E-state index is 13.0. The highest BCUT2D eigenvalue weighted by Crippen LogP contribution is 2.23. The third kappa shape index (κ3) is 4.33. The Labute approximate surface area is 173 Å². The van der Waals surface area contributed by atoms with Crippen LogP contribution in [0, 0.1) is 0 Å². The lowest BCUT2D eigenvalue weighted by molar-refractivity contribution is -0.122. The van der Waals surface area contributed by atoms with Gasteiger partial charge >= 0.3 is 0 Å². The van der Waals surface area contributed by atoms with Crippen LogP contribution in [0.5, 0.6) is 0 Å². The number of carbonyl (C=O) groups excluding carboxylic acids is 1. The number of carbonyl (C=O) groups is 2. The van der Waals surface area contributed by atoms with E-state index in [1.807, 2.05) is 42.5 Å². The number of hydrogen-bond acceptors (Lipinski definition) is 5. The maximum Gasteiger partial charge on any atom is 0.290 e. The van der Waals surface area contributed by atoms with Gasteiger partial charge in [-0.15, -0.1) is 0 Å². The van der Waals surface area contributed by atoms with Crippen molar-refractivity contribution in [3.05, 3.63) is 70.5 Å². The normalized spacial score (nSPS) is 14.1. The highest BCUT2D eigenvalue weighted by atomic mass is 16.3. The average Bonchev–Trinajstić information content (AvgIpc) is 2.74. The lowest BCUT2D eigenvalue weighted by atomic mass is 10.1. The summed E-state index contributed by atoms with van der Waals surface area (Å²) in [5.74, 6) is -0.713. The number of anilines is 1. The van der Waals surface area contributed by atoms with Crippen LogP contribution in [-0.4, -0.2) is 60.2 Å². The van der Waals surface area contributed by atoms with Crippen molar-refractivity contribution in [1.29, 1.82) is 0 Å². The fourth-order valence-corrected chi connectivity index (χ4v) is 3.59. The molecule has 2 heterocycles. The zero-order chi connectivity index (χ0) is 21.7. The summed E-state index contributed by atoms with van der Waals surface area (Å²) in [6.07, 6.45) is 0. The summed E-state index contributed by atoms with van der Waals surface area (Å²) in [6.45, 7) is 3.64. The van der Waals surface area contributed by atoms with Crippen LogP contribution < -0.4 is 16.2 Å². The van der Waals surface area contributed by atoms with E-state index < -0.39 is 11.5 Å². The van der Waals surface area contributed by atoms with E-state index in [4.69, 9.17) is 15.6 Å². The third-order valence-electron chi connectivity index (χ3n) is 5.13. The van der Waals surface area contributed by atoms with Crippen molar-refractivity contribution in [3.63, 3.8) is 0 Å². The van der Waals surface area contributed by atoms with Gasteiger partial charge in [-0.05, 0) is 42.8 Å². The first-order valence-corrected chi connectivity index (χ1v) is 9.52. The smallest absolute Gasteiger partial charge is 0.290 e. The Balaban J connectivity index is 0.000000806. The number of rotatable bonds is 3. The molecule has 3 N–H and O–H groups in total. The Kier molecular flexibility index (Phi) is 6.48. The molecule has 1 aromatic heterocycles. The Hall–Kier alpha value is -3.65. The molecular weight excluding hydrogens is 384 g/mol. The van der Waals surface area contributed by atoms with Gasteiger partial charge in [0.15, 0.2) is 0 Å². The minimum absolute atomic E-state index is 0.00120. The first kappa shape index (κ1) is 21.1. The predicted octanol–water partition coefficient (Wildman–Crippen LogP) is 1.54. The summed E-state index contributed by atoms with van der Waals surface area (Å²) in [4.78, 5) is 37.8. The fourth-order valence-electron chi connectivity index (χ4n) is 3.59. The van der Waals surface area contributed by atoms with Crippen molar-refractivity contribution in [2.24, 2.45) is 5.73 Å². The van der Waals surface area contributed by atoms with Crippen molar-refractivity contribution < 1.29 is 14.7 Å². The maximum atomic E-state index is 13.0. The highest BCUT2D eigenvalue weighted by molar-refractivity contribution is 5.96. The van der Waals surface area contributed by atoms with Gasteiger partial charge in [0.05, 0.1) is 11.2 Å². The molecule has 2 aromatic carbocycles. The van der Waals surface area contributed by atoms with Gasteiger partial charge in [-0.25, -0.2) is 0 Å². The van der Waals surface area contributed by atoms with Gasteiger partial charge in [-0.2, -0.15) is 0 Å². The number of fused-ring (bicyclic) bond motifs is 1. The molecule has 4 rings (SSSR count). The first-order chi connectivity index (χ1) is 14.5. The van der Waals surface area contributed by atoms with E-state index in [-0.39, 0.29) is 12.0 Å². The summed E-state index contributed by atoms with van der Waals surface area (Å²) in [5.41, 5.74) is 7.61. The van der Waals surface area contributed by atoms with Crippen molar-refractivity contribution in [3.8, 4) is 5.69 Å². The molecule has 0 atom stereocenters. The Morgan fingerprint density at radius 2 is 1.63 bits per heavy atom. The molecule has 0 bridgehead atoms. The van der Waals surface area contributed by atoms with E-state index in [0.717, 1.165) is 48.5 Å². The lowest BCUT2D eigenvalue weighted by Crippen LogP contribution is -2.44. The van der Waals surface area contributed by atoms with E-state index in [9.17, 15) is 9.59 Å². The van der Waals surface area contributed by atoms with Crippen molar-refractivity contribution in [1.82, 2.24) is 9.47 Å². The molecule has 1 saturated heterocycles. The second-order valence-corrected chi connectivity index (χ2v) is 7.04. The van der Waals surface area contributed by atoms with Crippen molar-refractivity contribution in [2.45, 2.75) is 0 Å². The van der Waals surface area contributed by atoms with Gasteiger partial charge in [0.1, 0.15) is 5.56 Å². The largest absolute Gasteiger partial charge is 0.483 e. The molecule has 0 spiro atoms. The van der Waals surface area contributed by atoms with E-state index in [1.165, 1.54) is 0 Å². The second kappa shape index (κ2) is 9.23. The molecule has 0 saturated carbocycles. The molecule has 0 aliphatic carbocycles. The Morgan fingerprint density at radius 3 is 2.30 bits per heavy atom. The number of nitrogens with zero attached hydrogens (tertiary/aromatic N) is 3. The summed E-state index contributed by atoms with van der Waals surface area (Å²) < 4.78 is 1.58. The molecule has 8 nitrogen and oxygen atoms in total. The van der Waals surface area contributed by atoms with Crippen molar-refractivity contribution >= 4 is 29.0 Å². The SMILES string of the molecule is CN1CCN(c2cccc(-n3c(=O)c(C(N)=O)cc4ccccc43)c2)CC1.O=CO. The standard InChI is InChI=1S/C21H22N4O2.CH2O2/c1-23-9-11-24(12-10-23)16-6-4-7-17(14-16)25-19-8-3-2-5-15(19)13-18(20(22)26)21(25)27;2-1-3/h2-8,13-14H,9-12H2,1H3,(H2,22,26);1H,(H,2,3). The van der Waals surface area contributed by atoms with Crippen LogP contribution in [0.25, 0.3) is 16.6 Å². The van der Waals surface area contributed by atoms with Gasteiger partial charge in [0, 0.05) is 31.9 Å². The topological polar surface area (TPSA) is 109 Å². The first-order valence-electron chi connectivity index (χ1n) is 9.52. The molecule has 3 aromatic rings. The summed E-state index contributed by atoms with van der Waals surface area (Å²) in [5, 5.41) is 7.69. The fraction of sp³-hybridized carbons (Fsp3) is 0.227. The quantitative estimate of drug-likeness (QED) is 0.637. The summed E-state index contributed by atoms with van der Waals surface area (Å²) in [7, 11) is 2.12. The number of carboxylic acid groups (broad SMARTS) is 1. The van der Waals surface area contributed by atoms with Gasteiger partial charge < -0.3 is 20.6 Å². The predicted molar refractivity (Wildman–Crippen MR) is 116 cm³/mol. The number of para-hydroxylation sites is 1. The van der Waals surface area contributed by atoms with Crippen molar-refractivity contribution in [2.75, 3.05) is 38.1 Å². The second-order valence-electron chi connectivity index (χ2n) is 7.04. The minimum atomic E-state index is -0.713. The molecule has 0 radical (unpaired) electrons. The monoisotopic (exact) mass is 408 g/mol. The number of nitrogens with two attached hydrogens (primary N) is 1. The Morgan fingerprint density at radius 1 is 1.00 bits per heavy atom. The summed E-state index contributed by atoms with van der Waals surface area (Å²) >= 11 is 0. The van der Waals surface area contributed by atoms with Crippen LogP contribution in [0.15, 0.2) is 59.4 Å². The van der Waals surface area contributed by atoms with E-state index in [0.29, 0.717) is 0 Å². The third-order valence-corrected chi connectivity index (χ3v) is 5.13. The lowest BCUT2D eigenvalue weighted by Gasteiger charge is -2.34. The summed E-state index contributed by atoms with van der Waals surface area (Å²) in [6, 6.07) is 17.0. The molecule has 8 heteroatoms. The molecule has 0 unspecified atom stereocenters. The van der Waals surface area contributed by atoms with Crippen LogP contribution in [0.3, 0.4) is 0 Å². The van der Waals surface area contributed by atoms with Gasteiger partial charge in [0.25, 0.3) is 17.9 Å². The molecule has 1 fully saturated rings. The number of piperazine rings is 1. The molecule has 1 aliphatic rings. The van der Waals surface area contributed by atoms with E-state index in [1.54, 1.807) is 10.6 Å².